The van der Waals surface area contributed by atoms with Crippen LogP contribution in [-0.2, 0) is 0 Å². The Kier molecular flexibility index (Phi) is 2.76. The second-order valence-electron chi connectivity index (χ2n) is 2.50. The van der Waals surface area contributed by atoms with Gasteiger partial charge in [0.25, 0.3) is 5.91 Å². The molecule has 0 spiro atoms. The van der Waals surface area contributed by atoms with Crippen LogP contribution in [0.25, 0.3) is 0 Å². The maximum Gasteiger partial charge on any atom is 0.254 e. The fourth-order valence-electron chi connectivity index (χ4n) is 0.787. The lowest BCUT2D eigenvalue weighted by molar-refractivity contribution is 0.0941. The molecule has 0 bridgehead atoms. The molecule has 0 aliphatic rings. The van der Waals surface area contributed by atoms with Crippen molar-refractivity contribution < 1.29 is 4.79 Å². The number of aromatic nitrogens is 1. The molecule has 4 nitrogen and oxygen atoms in total. The van der Waals surface area contributed by atoms with Gasteiger partial charge in [0.2, 0.25) is 0 Å². The smallest absolute Gasteiger partial charge is 0.254 e. The number of carbonyl (C=O) groups excluding carboxylic acids is 1. The summed E-state index contributed by atoms with van der Waals surface area (Å²) in [6, 6.07) is 3.39. The van der Waals surface area contributed by atoms with Crippen LogP contribution < -0.4 is 11.1 Å². The van der Waals surface area contributed by atoms with Gasteiger partial charge >= 0.3 is 0 Å². The molecule has 1 rings (SSSR count). The largest absolute Gasteiger partial charge is 0.337 e. The quantitative estimate of drug-likeness (QED) is 0.611. The number of pyridine rings is 1. The van der Waals surface area contributed by atoms with Crippen LogP contribution in [-0.4, -0.2) is 17.1 Å². The topological polar surface area (TPSA) is 68.0 Å². The summed E-state index contributed by atoms with van der Waals surface area (Å²) in [5, 5.41) is 2.56. The first-order valence-electron chi connectivity index (χ1n) is 3.66. The zero-order valence-corrected chi connectivity index (χ0v) is 6.82. The normalized spacial score (nSPS) is 12.2. The lowest BCUT2D eigenvalue weighted by Gasteiger charge is -2.07. The van der Waals surface area contributed by atoms with Crippen LogP contribution in [0.15, 0.2) is 24.5 Å². The molecule has 4 heteroatoms. The first-order valence-corrected chi connectivity index (χ1v) is 3.66. The molecule has 64 valence electrons. The van der Waals surface area contributed by atoms with Crippen LogP contribution in [0.3, 0.4) is 0 Å². The van der Waals surface area contributed by atoms with Crippen LogP contribution in [0.2, 0.25) is 0 Å². The van der Waals surface area contributed by atoms with Crippen LogP contribution in [0.1, 0.15) is 17.3 Å². The number of carbonyl (C=O) groups is 1. The molecular formula is C8H11N3O. The number of hydrogen-bond acceptors (Lipinski definition) is 3. The van der Waals surface area contributed by atoms with E-state index in [1.807, 2.05) is 0 Å². The molecule has 1 amide bonds. The average Bonchev–Trinajstić information content (AvgIpc) is 2.05. The van der Waals surface area contributed by atoms with E-state index in [4.69, 9.17) is 5.73 Å². The lowest BCUT2D eigenvalue weighted by atomic mass is 10.3. The summed E-state index contributed by atoms with van der Waals surface area (Å²) in [5.41, 5.74) is 5.90. The zero-order valence-electron chi connectivity index (χ0n) is 6.82. The molecule has 3 N–H and O–H groups in total. The molecule has 1 heterocycles. The Morgan fingerprint density at radius 3 is 3.00 bits per heavy atom. The number of hydrogen-bond donors (Lipinski definition) is 2. The Labute approximate surface area is 70.8 Å². The van der Waals surface area contributed by atoms with Gasteiger partial charge in [-0.1, -0.05) is 0 Å². The summed E-state index contributed by atoms with van der Waals surface area (Å²) in [4.78, 5) is 15.0. The fourth-order valence-corrected chi connectivity index (χ4v) is 0.787. The van der Waals surface area contributed by atoms with Gasteiger partial charge in [0.1, 0.15) is 0 Å². The molecule has 1 aromatic heterocycles. The first kappa shape index (κ1) is 8.67. The number of rotatable bonds is 2. The monoisotopic (exact) mass is 165 g/mol. The highest BCUT2D eigenvalue weighted by Crippen LogP contribution is 1.94. The number of nitrogens with one attached hydrogen (secondary N) is 1. The van der Waals surface area contributed by atoms with Gasteiger partial charge in [-0.25, -0.2) is 0 Å². The lowest BCUT2D eigenvalue weighted by Crippen LogP contribution is -2.38. The molecule has 0 fully saturated rings. The number of amides is 1. The number of nitrogens with zero attached hydrogens (tertiary/aromatic N) is 1. The second kappa shape index (κ2) is 3.82. The van der Waals surface area contributed by atoms with Crippen LogP contribution in [0, 0.1) is 0 Å². The van der Waals surface area contributed by atoms with Gasteiger partial charge in [-0.2, -0.15) is 0 Å². The molecule has 0 aromatic carbocycles. The minimum absolute atomic E-state index is 0.196. The predicted molar refractivity (Wildman–Crippen MR) is 45.4 cm³/mol. The van der Waals surface area contributed by atoms with Crippen molar-refractivity contribution in [1.29, 1.82) is 0 Å². The summed E-state index contributed by atoms with van der Waals surface area (Å²) in [6.45, 7) is 1.70. The minimum atomic E-state index is -0.335. The van der Waals surface area contributed by atoms with E-state index in [2.05, 4.69) is 10.3 Å². The zero-order chi connectivity index (χ0) is 8.97. The SMILES string of the molecule is CC(N)NC(=O)c1cccnc1. The Morgan fingerprint density at radius 2 is 2.50 bits per heavy atom. The van der Waals surface area contributed by atoms with E-state index in [1.165, 1.54) is 6.20 Å². The molecule has 1 aromatic rings. The summed E-state index contributed by atoms with van der Waals surface area (Å²) < 4.78 is 0. The molecule has 12 heavy (non-hydrogen) atoms. The van der Waals surface area contributed by atoms with Crippen molar-refractivity contribution in [1.82, 2.24) is 10.3 Å². The van der Waals surface area contributed by atoms with Crippen LogP contribution in [0.5, 0.6) is 0 Å². The van der Waals surface area contributed by atoms with Gasteiger partial charge in [0, 0.05) is 12.4 Å². The molecule has 0 radical (unpaired) electrons. The Balaban J connectivity index is 2.66. The maximum atomic E-state index is 11.2. The van der Waals surface area contributed by atoms with E-state index in [1.54, 1.807) is 25.3 Å². The van der Waals surface area contributed by atoms with Gasteiger partial charge in [0.05, 0.1) is 11.7 Å². The van der Waals surface area contributed by atoms with Crippen molar-refractivity contribution in [2.75, 3.05) is 0 Å². The molecule has 0 aliphatic heterocycles. The van der Waals surface area contributed by atoms with Gasteiger partial charge in [-0.3, -0.25) is 9.78 Å². The molecule has 0 saturated carbocycles. The summed E-state index contributed by atoms with van der Waals surface area (Å²) in [7, 11) is 0. The average molecular weight is 165 g/mol. The first-order chi connectivity index (χ1) is 5.70. The fraction of sp³-hybridized carbons (Fsp3) is 0.250. The third-order valence-corrected chi connectivity index (χ3v) is 1.28. The summed E-state index contributed by atoms with van der Waals surface area (Å²) in [5.74, 6) is -0.196. The van der Waals surface area contributed by atoms with E-state index < -0.39 is 0 Å². The summed E-state index contributed by atoms with van der Waals surface area (Å²) in [6.07, 6.45) is 2.78. The van der Waals surface area contributed by atoms with Crippen molar-refractivity contribution in [2.24, 2.45) is 5.73 Å². The van der Waals surface area contributed by atoms with Gasteiger partial charge in [-0.15, -0.1) is 0 Å². The van der Waals surface area contributed by atoms with E-state index in [0.717, 1.165) is 0 Å². The highest BCUT2D eigenvalue weighted by atomic mass is 16.1. The van der Waals surface area contributed by atoms with E-state index >= 15 is 0 Å². The maximum absolute atomic E-state index is 11.2. The van der Waals surface area contributed by atoms with Gasteiger partial charge in [0.15, 0.2) is 0 Å². The predicted octanol–water partition coefficient (Wildman–Crippen LogP) is 0.116. The number of nitrogens with two attached hydrogens (primary N) is 1. The van der Waals surface area contributed by atoms with Crippen molar-refractivity contribution in [3.8, 4) is 0 Å². The Hall–Kier alpha value is -1.42. The Morgan fingerprint density at radius 1 is 1.75 bits per heavy atom. The molecule has 1 unspecified atom stereocenters. The standard InChI is InChI=1S/C8H11N3O/c1-6(9)11-8(12)7-3-2-4-10-5-7/h2-6H,9H2,1H3,(H,11,12). The molecule has 1 atom stereocenters. The van der Waals surface area contributed by atoms with Crippen molar-refractivity contribution in [3.63, 3.8) is 0 Å². The third-order valence-electron chi connectivity index (χ3n) is 1.28. The molecule has 0 saturated heterocycles. The highest BCUT2D eigenvalue weighted by molar-refractivity contribution is 5.93. The van der Waals surface area contributed by atoms with Crippen LogP contribution >= 0.6 is 0 Å². The van der Waals surface area contributed by atoms with E-state index in [-0.39, 0.29) is 12.1 Å². The van der Waals surface area contributed by atoms with Gasteiger partial charge in [-0.05, 0) is 19.1 Å². The van der Waals surface area contributed by atoms with Crippen molar-refractivity contribution in [3.05, 3.63) is 30.1 Å². The van der Waals surface area contributed by atoms with Gasteiger partial charge < -0.3 is 11.1 Å². The van der Waals surface area contributed by atoms with E-state index in [0.29, 0.717) is 5.56 Å². The summed E-state index contributed by atoms with van der Waals surface area (Å²) >= 11 is 0. The molecule has 0 aliphatic carbocycles. The highest BCUT2D eigenvalue weighted by Gasteiger charge is 2.05. The second-order valence-corrected chi connectivity index (χ2v) is 2.50. The molecular weight excluding hydrogens is 154 g/mol. The van der Waals surface area contributed by atoms with Crippen LogP contribution in [0.4, 0.5) is 0 Å². The van der Waals surface area contributed by atoms with Crippen molar-refractivity contribution >= 4 is 5.91 Å². The third kappa shape index (κ3) is 2.32. The minimum Gasteiger partial charge on any atom is -0.337 e. The Bertz CT molecular complexity index is 258. The van der Waals surface area contributed by atoms with Crippen molar-refractivity contribution in [2.45, 2.75) is 13.1 Å². The van der Waals surface area contributed by atoms with E-state index in [9.17, 15) is 4.79 Å².